The third-order valence-electron chi connectivity index (χ3n) is 3.63. The molecule has 0 aliphatic rings. The molecule has 0 spiro atoms. The van der Waals surface area contributed by atoms with Gasteiger partial charge in [-0.3, -0.25) is 9.88 Å². The molecule has 0 saturated carbocycles. The predicted molar refractivity (Wildman–Crippen MR) is 93.2 cm³/mol. The van der Waals surface area contributed by atoms with Crippen LogP contribution in [0.25, 0.3) is 11.4 Å². The number of benzene rings is 1. The molecule has 6 heteroatoms. The van der Waals surface area contributed by atoms with Gasteiger partial charge >= 0.3 is 0 Å². The fraction of sp³-hybridized carbons (Fsp3) is 0.235. The van der Waals surface area contributed by atoms with E-state index in [1.54, 1.807) is 12.4 Å². The minimum atomic E-state index is 0.641. The standard InChI is InChI=1S/C17H19N5S/c1-20(12-14-7-4-3-5-8-14)13-22-17(23)21(2)16(19-22)15-9-6-10-18-11-15/h3-11H,12-13H2,1-2H3. The van der Waals surface area contributed by atoms with E-state index in [0.29, 0.717) is 11.4 Å². The molecule has 3 rings (SSSR count). The van der Waals surface area contributed by atoms with Gasteiger partial charge in [0.15, 0.2) is 10.6 Å². The highest BCUT2D eigenvalue weighted by Gasteiger charge is 2.11. The van der Waals surface area contributed by atoms with Gasteiger partial charge in [0.1, 0.15) is 0 Å². The van der Waals surface area contributed by atoms with E-state index in [4.69, 9.17) is 12.2 Å². The monoisotopic (exact) mass is 325 g/mol. The lowest BCUT2D eigenvalue weighted by molar-refractivity contribution is 0.244. The molecule has 0 aliphatic carbocycles. The van der Waals surface area contributed by atoms with E-state index in [0.717, 1.165) is 17.9 Å². The van der Waals surface area contributed by atoms with Crippen molar-refractivity contribution < 1.29 is 0 Å². The van der Waals surface area contributed by atoms with Gasteiger partial charge in [-0.1, -0.05) is 30.3 Å². The van der Waals surface area contributed by atoms with Crippen LogP contribution >= 0.6 is 12.2 Å². The van der Waals surface area contributed by atoms with Crippen molar-refractivity contribution in [2.45, 2.75) is 13.2 Å². The van der Waals surface area contributed by atoms with E-state index in [1.165, 1.54) is 5.56 Å². The highest BCUT2D eigenvalue weighted by atomic mass is 32.1. The summed E-state index contributed by atoms with van der Waals surface area (Å²) in [5, 5.41) is 4.65. The first-order chi connectivity index (χ1) is 11.1. The molecular formula is C17H19N5S. The number of rotatable bonds is 5. The number of hydrogen-bond donors (Lipinski definition) is 0. The molecular weight excluding hydrogens is 306 g/mol. The zero-order valence-electron chi connectivity index (χ0n) is 13.3. The zero-order chi connectivity index (χ0) is 16.2. The molecule has 1 aromatic carbocycles. The van der Waals surface area contributed by atoms with Crippen molar-refractivity contribution in [3.63, 3.8) is 0 Å². The molecule has 0 bridgehead atoms. The number of pyridine rings is 1. The SMILES string of the molecule is CN(Cc1ccccc1)Cn1nc(-c2cccnc2)n(C)c1=S. The summed E-state index contributed by atoms with van der Waals surface area (Å²) in [6, 6.07) is 14.3. The van der Waals surface area contributed by atoms with Crippen LogP contribution in [0.1, 0.15) is 5.56 Å². The first-order valence-electron chi connectivity index (χ1n) is 7.42. The fourth-order valence-electron chi connectivity index (χ4n) is 2.50. The Balaban J connectivity index is 1.80. The summed E-state index contributed by atoms with van der Waals surface area (Å²) in [6.45, 7) is 1.49. The second-order valence-electron chi connectivity index (χ2n) is 5.55. The average molecular weight is 325 g/mol. The zero-order valence-corrected chi connectivity index (χ0v) is 14.1. The Bertz CT molecular complexity index is 823. The summed E-state index contributed by atoms with van der Waals surface area (Å²) >= 11 is 5.51. The minimum Gasteiger partial charge on any atom is -0.303 e. The Morgan fingerprint density at radius 2 is 1.91 bits per heavy atom. The first-order valence-corrected chi connectivity index (χ1v) is 7.82. The lowest BCUT2D eigenvalue weighted by Crippen LogP contribution is -2.22. The van der Waals surface area contributed by atoms with Gasteiger partial charge in [-0.05, 0) is 37.0 Å². The van der Waals surface area contributed by atoms with Crippen LogP contribution in [0.2, 0.25) is 0 Å². The lowest BCUT2D eigenvalue weighted by Gasteiger charge is -2.16. The van der Waals surface area contributed by atoms with Crippen LogP contribution in [0.15, 0.2) is 54.9 Å². The van der Waals surface area contributed by atoms with Gasteiger partial charge in [0.2, 0.25) is 0 Å². The third-order valence-corrected chi connectivity index (χ3v) is 4.12. The van der Waals surface area contributed by atoms with Crippen LogP contribution in [-0.2, 0) is 20.3 Å². The molecule has 5 nitrogen and oxygen atoms in total. The van der Waals surface area contributed by atoms with Crippen molar-refractivity contribution in [3.8, 4) is 11.4 Å². The smallest absolute Gasteiger partial charge is 0.199 e. The Morgan fingerprint density at radius 1 is 1.13 bits per heavy atom. The molecule has 0 atom stereocenters. The van der Waals surface area contributed by atoms with E-state index < -0.39 is 0 Å². The van der Waals surface area contributed by atoms with Gasteiger partial charge in [-0.15, -0.1) is 0 Å². The van der Waals surface area contributed by atoms with E-state index in [2.05, 4.69) is 46.3 Å². The maximum absolute atomic E-state index is 5.51. The summed E-state index contributed by atoms with van der Waals surface area (Å²) in [5.74, 6) is 0.830. The Kier molecular flexibility index (Phi) is 4.64. The Hall–Kier alpha value is -2.31. The summed E-state index contributed by atoms with van der Waals surface area (Å²) in [7, 11) is 4.00. The summed E-state index contributed by atoms with van der Waals surface area (Å²) in [6.07, 6.45) is 3.55. The van der Waals surface area contributed by atoms with Crippen LogP contribution < -0.4 is 0 Å². The molecule has 0 aliphatic heterocycles. The number of nitrogens with zero attached hydrogens (tertiary/aromatic N) is 5. The molecule has 0 fully saturated rings. The maximum Gasteiger partial charge on any atom is 0.199 e. The molecule has 0 saturated heterocycles. The van der Waals surface area contributed by atoms with Crippen LogP contribution in [0.4, 0.5) is 0 Å². The van der Waals surface area contributed by atoms with E-state index >= 15 is 0 Å². The molecule has 118 valence electrons. The topological polar surface area (TPSA) is 38.9 Å². The average Bonchev–Trinajstić information content (AvgIpc) is 2.85. The normalized spacial score (nSPS) is 11.1. The first kappa shape index (κ1) is 15.6. The van der Waals surface area contributed by atoms with Crippen LogP contribution in [-0.4, -0.2) is 31.3 Å². The molecule has 3 aromatic rings. The van der Waals surface area contributed by atoms with Crippen LogP contribution in [0.3, 0.4) is 0 Å². The van der Waals surface area contributed by atoms with Crippen molar-refractivity contribution in [1.29, 1.82) is 0 Å². The van der Waals surface area contributed by atoms with E-state index in [9.17, 15) is 0 Å². The predicted octanol–water partition coefficient (Wildman–Crippen LogP) is 3.10. The molecule has 23 heavy (non-hydrogen) atoms. The quantitative estimate of drug-likeness (QED) is 0.676. The van der Waals surface area contributed by atoms with Gasteiger partial charge in [-0.25, -0.2) is 4.68 Å². The van der Waals surface area contributed by atoms with Crippen molar-refractivity contribution in [2.75, 3.05) is 7.05 Å². The van der Waals surface area contributed by atoms with Gasteiger partial charge < -0.3 is 4.57 Å². The highest BCUT2D eigenvalue weighted by molar-refractivity contribution is 7.71. The number of aromatic nitrogens is 4. The molecule has 0 N–H and O–H groups in total. The summed E-state index contributed by atoms with van der Waals surface area (Å²) in [4.78, 5) is 6.34. The minimum absolute atomic E-state index is 0.641. The second kappa shape index (κ2) is 6.85. The summed E-state index contributed by atoms with van der Waals surface area (Å²) < 4.78 is 4.47. The molecule has 2 heterocycles. The molecule has 0 unspecified atom stereocenters. The molecule has 0 amide bonds. The van der Waals surface area contributed by atoms with Crippen molar-refractivity contribution in [2.24, 2.45) is 7.05 Å². The van der Waals surface area contributed by atoms with E-state index in [-0.39, 0.29) is 0 Å². The van der Waals surface area contributed by atoms with Crippen molar-refractivity contribution in [3.05, 3.63) is 65.2 Å². The van der Waals surface area contributed by atoms with Crippen LogP contribution in [0, 0.1) is 4.77 Å². The van der Waals surface area contributed by atoms with Crippen molar-refractivity contribution >= 4 is 12.2 Å². The van der Waals surface area contributed by atoms with Gasteiger partial charge in [0, 0.05) is 31.5 Å². The Morgan fingerprint density at radius 3 is 2.61 bits per heavy atom. The lowest BCUT2D eigenvalue weighted by atomic mass is 10.2. The third kappa shape index (κ3) is 3.55. The largest absolute Gasteiger partial charge is 0.303 e. The number of hydrogen-bond acceptors (Lipinski definition) is 4. The second-order valence-corrected chi connectivity index (χ2v) is 5.91. The fourth-order valence-corrected chi connectivity index (χ4v) is 2.69. The van der Waals surface area contributed by atoms with Crippen LogP contribution in [0.5, 0.6) is 0 Å². The van der Waals surface area contributed by atoms with Gasteiger partial charge in [0.05, 0.1) is 6.67 Å². The summed E-state index contributed by atoms with van der Waals surface area (Å²) in [5.41, 5.74) is 2.23. The van der Waals surface area contributed by atoms with Gasteiger partial charge in [-0.2, -0.15) is 5.10 Å². The van der Waals surface area contributed by atoms with E-state index in [1.807, 2.05) is 34.5 Å². The highest BCUT2D eigenvalue weighted by Crippen LogP contribution is 2.16. The molecule has 0 radical (unpaired) electrons. The van der Waals surface area contributed by atoms with Gasteiger partial charge in [0.25, 0.3) is 0 Å². The maximum atomic E-state index is 5.51. The van der Waals surface area contributed by atoms with Crippen molar-refractivity contribution in [1.82, 2.24) is 24.2 Å². The molecule has 2 aromatic heterocycles. The Labute approximate surface area is 140 Å².